The monoisotopic (exact) mass is 361 g/mol. The number of para-hydroxylation sites is 2. The van der Waals surface area contributed by atoms with E-state index < -0.39 is 5.82 Å². The molecule has 7 heteroatoms. The first-order valence-corrected chi connectivity index (χ1v) is 8.32. The van der Waals surface area contributed by atoms with E-state index in [1.165, 1.54) is 12.1 Å². The number of anilines is 1. The van der Waals surface area contributed by atoms with Crippen LogP contribution in [-0.2, 0) is 17.9 Å². The summed E-state index contributed by atoms with van der Waals surface area (Å²) in [5, 5.41) is 2.61. The van der Waals surface area contributed by atoms with Crippen molar-refractivity contribution in [3.8, 4) is 0 Å². The lowest BCUT2D eigenvalue weighted by molar-refractivity contribution is -0.116. The largest absolute Gasteiger partial charge is 0.329 e. The number of aromatic nitrogens is 2. The molecule has 0 unspecified atom stereocenters. The van der Waals surface area contributed by atoms with Crippen LogP contribution in [0.1, 0.15) is 13.3 Å². The third-order valence-corrected chi connectivity index (χ3v) is 4.31. The number of aryl methyl sites for hydroxylation is 2. The Morgan fingerprint density at radius 1 is 1.16 bits per heavy atom. The van der Waals surface area contributed by atoms with Gasteiger partial charge in [0.1, 0.15) is 5.82 Å². The molecule has 0 fully saturated rings. The van der Waals surface area contributed by atoms with Gasteiger partial charge in [-0.1, -0.05) is 23.7 Å². The fourth-order valence-corrected chi connectivity index (χ4v) is 2.92. The van der Waals surface area contributed by atoms with E-state index in [1.54, 1.807) is 9.13 Å². The Morgan fingerprint density at radius 3 is 2.48 bits per heavy atom. The lowest BCUT2D eigenvalue weighted by Gasteiger charge is -2.07. The molecule has 0 bridgehead atoms. The Morgan fingerprint density at radius 2 is 1.84 bits per heavy atom. The lowest BCUT2D eigenvalue weighted by atomic mass is 10.3. The molecule has 0 atom stereocenters. The standard InChI is InChI=1S/C18H17ClFN3O2/c1-2-22-15-5-3-4-6-16(15)23(18(22)25)10-9-17(24)21-12-7-8-13(19)14(20)11-12/h3-8,11H,2,9-10H2,1H3,(H,21,24). The van der Waals surface area contributed by atoms with Gasteiger partial charge in [-0.05, 0) is 37.3 Å². The number of amides is 1. The quantitative estimate of drug-likeness (QED) is 0.754. The van der Waals surface area contributed by atoms with Gasteiger partial charge in [0.2, 0.25) is 5.91 Å². The highest BCUT2D eigenvalue weighted by Gasteiger charge is 2.13. The Balaban J connectivity index is 1.76. The molecule has 0 saturated heterocycles. The van der Waals surface area contributed by atoms with Crippen LogP contribution >= 0.6 is 11.6 Å². The zero-order chi connectivity index (χ0) is 18.0. The maximum atomic E-state index is 13.4. The van der Waals surface area contributed by atoms with Crippen molar-refractivity contribution in [2.75, 3.05) is 5.32 Å². The third-order valence-electron chi connectivity index (χ3n) is 4.01. The molecular weight excluding hydrogens is 345 g/mol. The topological polar surface area (TPSA) is 56.0 Å². The second-order valence-electron chi connectivity index (χ2n) is 5.59. The summed E-state index contributed by atoms with van der Waals surface area (Å²) in [5.74, 6) is -0.899. The van der Waals surface area contributed by atoms with Gasteiger partial charge in [-0.3, -0.25) is 13.9 Å². The minimum Gasteiger partial charge on any atom is -0.326 e. The highest BCUT2D eigenvalue weighted by atomic mass is 35.5. The summed E-state index contributed by atoms with van der Waals surface area (Å²) in [7, 11) is 0. The summed E-state index contributed by atoms with van der Waals surface area (Å²) in [5.41, 5.74) is 1.82. The van der Waals surface area contributed by atoms with Crippen molar-refractivity contribution in [3.63, 3.8) is 0 Å². The maximum absolute atomic E-state index is 13.4. The molecule has 0 saturated carbocycles. The fraction of sp³-hybridized carbons (Fsp3) is 0.222. The molecule has 1 aromatic heterocycles. The average Bonchev–Trinajstić information content (AvgIpc) is 2.87. The average molecular weight is 362 g/mol. The number of nitrogens with zero attached hydrogens (tertiary/aromatic N) is 2. The van der Waals surface area contributed by atoms with E-state index in [0.717, 1.165) is 17.1 Å². The molecule has 0 aliphatic rings. The summed E-state index contributed by atoms with van der Waals surface area (Å²) in [6, 6.07) is 11.5. The summed E-state index contributed by atoms with van der Waals surface area (Å²) < 4.78 is 16.7. The molecule has 0 aliphatic carbocycles. The molecule has 1 heterocycles. The molecule has 3 rings (SSSR count). The molecule has 5 nitrogen and oxygen atoms in total. The number of fused-ring (bicyclic) bond motifs is 1. The van der Waals surface area contributed by atoms with Crippen molar-refractivity contribution in [1.82, 2.24) is 9.13 Å². The number of benzene rings is 2. The smallest absolute Gasteiger partial charge is 0.326 e. The van der Waals surface area contributed by atoms with Crippen molar-refractivity contribution in [3.05, 3.63) is 63.8 Å². The zero-order valence-corrected chi connectivity index (χ0v) is 14.4. The highest BCUT2D eigenvalue weighted by Crippen LogP contribution is 2.19. The first kappa shape index (κ1) is 17.2. The lowest BCUT2D eigenvalue weighted by Crippen LogP contribution is -2.25. The van der Waals surface area contributed by atoms with Gasteiger partial charge in [0.25, 0.3) is 0 Å². The first-order chi connectivity index (χ1) is 12.0. The summed E-state index contributed by atoms with van der Waals surface area (Å²) in [4.78, 5) is 24.6. The van der Waals surface area contributed by atoms with Gasteiger partial charge in [-0.2, -0.15) is 0 Å². The molecule has 1 amide bonds. The van der Waals surface area contributed by atoms with Crippen LogP contribution in [-0.4, -0.2) is 15.0 Å². The van der Waals surface area contributed by atoms with E-state index in [9.17, 15) is 14.0 Å². The third kappa shape index (κ3) is 3.44. The number of hydrogen-bond donors (Lipinski definition) is 1. The summed E-state index contributed by atoms with van der Waals surface area (Å²) in [6.07, 6.45) is 0.0991. The summed E-state index contributed by atoms with van der Waals surface area (Å²) in [6.45, 7) is 2.71. The number of rotatable bonds is 5. The maximum Gasteiger partial charge on any atom is 0.329 e. The van der Waals surface area contributed by atoms with Crippen molar-refractivity contribution in [1.29, 1.82) is 0 Å². The van der Waals surface area contributed by atoms with E-state index >= 15 is 0 Å². The van der Waals surface area contributed by atoms with Crippen LogP contribution in [0.15, 0.2) is 47.3 Å². The number of hydrogen-bond acceptors (Lipinski definition) is 2. The molecular formula is C18H17ClFN3O2. The van der Waals surface area contributed by atoms with Crippen LogP contribution in [0.25, 0.3) is 11.0 Å². The SMILES string of the molecule is CCn1c(=O)n(CCC(=O)Nc2ccc(Cl)c(F)c2)c2ccccc21. The van der Waals surface area contributed by atoms with E-state index in [4.69, 9.17) is 11.6 Å². The van der Waals surface area contributed by atoms with Gasteiger partial charge in [0, 0.05) is 25.2 Å². The van der Waals surface area contributed by atoms with E-state index in [2.05, 4.69) is 5.32 Å². The number of nitrogens with one attached hydrogen (secondary N) is 1. The molecule has 0 radical (unpaired) electrons. The second-order valence-corrected chi connectivity index (χ2v) is 6.00. The van der Waals surface area contributed by atoms with Crippen LogP contribution < -0.4 is 11.0 Å². The molecule has 0 aliphatic heterocycles. The van der Waals surface area contributed by atoms with Crippen LogP contribution in [0, 0.1) is 5.82 Å². The van der Waals surface area contributed by atoms with Crippen LogP contribution in [0.2, 0.25) is 5.02 Å². The Kier molecular flexibility index (Phi) is 4.90. The van der Waals surface area contributed by atoms with Crippen molar-refractivity contribution >= 4 is 34.2 Å². The van der Waals surface area contributed by atoms with Crippen molar-refractivity contribution in [2.24, 2.45) is 0 Å². The Bertz CT molecular complexity index is 994. The fourth-order valence-electron chi connectivity index (χ4n) is 2.80. The van der Waals surface area contributed by atoms with E-state index in [-0.39, 0.29) is 29.6 Å². The van der Waals surface area contributed by atoms with Gasteiger partial charge < -0.3 is 5.32 Å². The molecule has 2 aromatic carbocycles. The molecule has 3 aromatic rings. The van der Waals surface area contributed by atoms with Gasteiger partial charge >= 0.3 is 5.69 Å². The molecule has 130 valence electrons. The predicted octanol–water partition coefficient (Wildman–Crippen LogP) is 3.64. The summed E-state index contributed by atoms with van der Waals surface area (Å²) >= 11 is 5.62. The normalized spacial score (nSPS) is 11.0. The highest BCUT2D eigenvalue weighted by molar-refractivity contribution is 6.30. The molecule has 1 N–H and O–H groups in total. The first-order valence-electron chi connectivity index (χ1n) is 7.94. The Hall–Kier alpha value is -2.60. The second kappa shape index (κ2) is 7.11. The van der Waals surface area contributed by atoms with Gasteiger partial charge in [-0.25, -0.2) is 9.18 Å². The number of halogens is 2. The number of carbonyl (C=O) groups excluding carboxylic acids is 1. The minimum atomic E-state index is -0.596. The molecule has 25 heavy (non-hydrogen) atoms. The van der Waals surface area contributed by atoms with Crippen LogP contribution in [0.5, 0.6) is 0 Å². The van der Waals surface area contributed by atoms with Crippen LogP contribution in [0.3, 0.4) is 0 Å². The minimum absolute atomic E-state index is 0.00285. The molecule has 0 spiro atoms. The van der Waals surface area contributed by atoms with Gasteiger partial charge in [-0.15, -0.1) is 0 Å². The van der Waals surface area contributed by atoms with Crippen LogP contribution in [0.4, 0.5) is 10.1 Å². The van der Waals surface area contributed by atoms with Crippen molar-refractivity contribution < 1.29 is 9.18 Å². The van der Waals surface area contributed by atoms with Crippen molar-refractivity contribution in [2.45, 2.75) is 26.4 Å². The zero-order valence-electron chi connectivity index (χ0n) is 13.6. The predicted molar refractivity (Wildman–Crippen MR) is 96.5 cm³/mol. The number of imidazole rings is 1. The van der Waals surface area contributed by atoms with Gasteiger partial charge in [0.15, 0.2) is 0 Å². The number of carbonyl (C=O) groups is 1. The van der Waals surface area contributed by atoms with E-state index in [1.807, 2.05) is 31.2 Å². The van der Waals surface area contributed by atoms with E-state index in [0.29, 0.717) is 12.2 Å². The Labute approximate surface area is 148 Å². The van der Waals surface area contributed by atoms with Gasteiger partial charge in [0.05, 0.1) is 16.1 Å².